The fourth-order valence-electron chi connectivity index (χ4n) is 1.87. The van der Waals surface area contributed by atoms with E-state index in [9.17, 15) is 5.11 Å². The monoisotopic (exact) mass is 197 g/mol. The molecular weight excluding hydrogens is 182 g/mol. The smallest absolute Gasteiger partial charge is 0.240 e. The van der Waals surface area contributed by atoms with Gasteiger partial charge in [0.25, 0.3) is 0 Å². The Kier molecular flexibility index (Phi) is 2.52. The van der Waals surface area contributed by atoms with Gasteiger partial charge in [-0.15, -0.1) is 0 Å². The lowest BCUT2D eigenvalue weighted by molar-refractivity contribution is 0.166. The molecule has 1 saturated heterocycles. The van der Waals surface area contributed by atoms with Crippen molar-refractivity contribution in [3.63, 3.8) is 0 Å². The fraction of sp³-hybridized carbons (Fsp3) is 0.778. The Balaban J connectivity index is 1.98. The molecule has 1 N–H and O–H groups in total. The predicted molar refractivity (Wildman–Crippen MR) is 49.5 cm³/mol. The second-order valence-corrected chi connectivity index (χ2v) is 3.90. The van der Waals surface area contributed by atoms with Crippen molar-refractivity contribution in [2.75, 3.05) is 6.54 Å². The average molecular weight is 197 g/mol. The first-order valence-electron chi connectivity index (χ1n) is 4.86. The summed E-state index contributed by atoms with van der Waals surface area (Å²) in [5, 5.41) is 13.2. The number of aryl methyl sites for hydroxylation is 1. The summed E-state index contributed by atoms with van der Waals surface area (Å²) in [7, 11) is 0. The molecule has 0 saturated carbocycles. The first-order valence-corrected chi connectivity index (χ1v) is 4.86. The summed E-state index contributed by atoms with van der Waals surface area (Å²) < 4.78 is 5.03. The molecule has 1 aromatic heterocycles. The maximum absolute atomic E-state index is 9.44. The Morgan fingerprint density at radius 1 is 1.64 bits per heavy atom. The third-order valence-electron chi connectivity index (χ3n) is 2.59. The third kappa shape index (κ3) is 1.93. The van der Waals surface area contributed by atoms with Crippen LogP contribution in [0.15, 0.2) is 4.52 Å². The van der Waals surface area contributed by atoms with Gasteiger partial charge in [-0.1, -0.05) is 5.16 Å². The lowest BCUT2D eigenvalue weighted by Crippen LogP contribution is -2.27. The van der Waals surface area contributed by atoms with Crippen molar-refractivity contribution < 1.29 is 9.63 Å². The molecule has 1 aliphatic rings. The van der Waals surface area contributed by atoms with E-state index < -0.39 is 0 Å². The Morgan fingerprint density at radius 2 is 2.43 bits per heavy atom. The largest absolute Gasteiger partial charge is 0.392 e. The molecule has 0 radical (unpaired) electrons. The molecule has 5 nitrogen and oxygen atoms in total. The van der Waals surface area contributed by atoms with Gasteiger partial charge >= 0.3 is 0 Å². The van der Waals surface area contributed by atoms with Crippen molar-refractivity contribution in [1.29, 1.82) is 0 Å². The zero-order valence-electron chi connectivity index (χ0n) is 8.47. The van der Waals surface area contributed by atoms with Gasteiger partial charge in [-0.05, 0) is 20.3 Å². The molecule has 2 rings (SSSR count). The minimum absolute atomic E-state index is 0.214. The van der Waals surface area contributed by atoms with Gasteiger partial charge in [0.05, 0.1) is 12.6 Å². The zero-order valence-corrected chi connectivity index (χ0v) is 8.47. The predicted octanol–water partition coefficient (Wildman–Crippen LogP) is 0.333. The fourth-order valence-corrected chi connectivity index (χ4v) is 1.87. The van der Waals surface area contributed by atoms with E-state index in [0.29, 0.717) is 30.8 Å². The first kappa shape index (κ1) is 9.61. The summed E-state index contributed by atoms with van der Waals surface area (Å²) in [5.74, 6) is 1.29. The van der Waals surface area contributed by atoms with Gasteiger partial charge in [0, 0.05) is 12.6 Å². The number of aromatic nitrogens is 2. The molecule has 1 aromatic rings. The molecule has 0 aromatic carbocycles. The van der Waals surface area contributed by atoms with Crippen LogP contribution in [-0.4, -0.2) is 38.8 Å². The van der Waals surface area contributed by atoms with E-state index >= 15 is 0 Å². The van der Waals surface area contributed by atoms with E-state index in [2.05, 4.69) is 22.0 Å². The van der Waals surface area contributed by atoms with Crippen LogP contribution in [0.25, 0.3) is 0 Å². The van der Waals surface area contributed by atoms with E-state index in [1.165, 1.54) is 0 Å². The van der Waals surface area contributed by atoms with E-state index in [1.54, 1.807) is 6.92 Å². The second kappa shape index (κ2) is 3.67. The van der Waals surface area contributed by atoms with Gasteiger partial charge in [0.15, 0.2) is 5.82 Å². The summed E-state index contributed by atoms with van der Waals surface area (Å²) in [4.78, 5) is 6.28. The molecule has 5 heteroatoms. The Labute approximate surface area is 82.7 Å². The summed E-state index contributed by atoms with van der Waals surface area (Å²) in [6, 6.07) is 0.386. The lowest BCUT2D eigenvalue weighted by atomic mass is 10.2. The second-order valence-electron chi connectivity index (χ2n) is 3.90. The number of hydrogen-bond acceptors (Lipinski definition) is 5. The number of hydrogen-bond donors (Lipinski definition) is 1. The van der Waals surface area contributed by atoms with Crippen LogP contribution in [0.2, 0.25) is 0 Å². The van der Waals surface area contributed by atoms with Crippen LogP contribution < -0.4 is 0 Å². The summed E-state index contributed by atoms with van der Waals surface area (Å²) in [5.41, 5.74) is 0. The Bertz CT molecular complexity index is 313. The lowest BCUT2D eigenvalue weighted by Gasteiger charge is -2.17. The number of β-amino-alcohol motifs (C(OH)–C–C–N with tert-alkyl or cyclic N) is 1. The molecular formula is C9H15N3O2. The Morgan fingerprint density at radius 3 is 2.93 bits per heavy atom. The van der Waals surface area contributed by atoms with Crippen LogP contribution in [0.3, 0.4) is 0 Å². The molecule has 1 fully saturated rings. The van der Waals surface area contributed by atoms with Crippen molar-refractivity contribution in [2.45, 2.75) is 39.0 Å². The highest BCUT2D eigenvalue weighted by atomic mass is 16.5. The summed E-state index contributed by atoms with van der Waals surface area (Å²) in [6.07, 6.45) is 0.613. The summed E-state index contributed by atoms with van der Waals surface area (Å²) >= 11 is 0. The molecule has 0 spiro atoms. The van der Waals surface area contributed by atoms with Crippen molar-refractivity contribution in [3.8, 4) is 0 Å². The van der Waals surface area contributed by atoms with Gasteiger partial charge in [-0.2, -0.15) is 4.98 Å². The van der Waals surface area contributed by atoms with E-state index in [1.807, 2.05) is 0 Å². The van der Waals surface area contributed by atoms with Crippen LogP contribution in [0.4, 0.5) is 0 Å². The topological polar surface area (TPSA) is 62.4 Å². The maximum Gasteiger partial charge on any atom is 0.240 e. The highest BCUT2D eigenvalue weighted by Gasteiger charge is 2.28. The Hall–Kier alpha value is -0.940. The normalized spacial score (nSPS) is 28.5. The number of likely N-dealkylation sites (tertiary alicyclic amines) is 1. The minimum Gasteiger partial charge on any atom is -0.392 e. The van der Waals surface area contributed by atoms with Gasteiger partial charge in [0.1, 0.15) is 0 Å². The highest BCUT2D eigenvalue weighted by molar-refractivity contribution is 4.88. The van der Waals surface area contributed by atoms with Crippen LogP contribution in [0.5, 0.6) is 0 Å². The highest BCUT2D eigenvalue weighted by Crippen LogP contribution is 2.19. The van der Waals surface area contributed by atoms with Crippen molar-refractivity contribution in [2.24, 2.45) is 0 Å². The van der Waals surface area contributed by atoms with Crippen molar-refractivity contribution in [3.05, 3.63) is 11.7 Å². The standard InChI is InChI=1S/C9H15N3O2/c1-6-3-8(13)4-12(6)5-9-10-7(2)11-14-9/h6,8,13H,3-5H2,1-2H3. The molecule has 14 heavy (non-hydrogen) atoms. The number of nitrogens with zero attached hydrogens (tertiary/aromatic N) is 3. The van der Waals surface area contributed by atoms with E-state index in [0.717, 1.165) is 6.42 Å². The van der Waals surface area contributed by atoms with Gasteiger partial charge in [-0.3, -0.25) is 4.90 Å². The van der Waals surface area contributed by atoms with E-state index in [4.69, 9.17) is 4.52 Å². The SMILES string of the molecule is Cc1noc(CN2CC(O)CC2C)n1. The van der Waals surface area contributed by atoms with Gasteiger partial charge in [0.2, 0.25) is 5.89 Å². The van der Waals surface area contributed by atoms with E-state index in [-0.39, 0.29) is 6.10 Å². The molecule has 0 amide bonds. The maximum atomic E-state index is 9.44. The molecule has 78 valence electrons. The van der Waals surface area contributed by atoms with Crippen molar-refractivity contribution >= 4 is 0 Å². The quantitative estimate of drug-likeness (QED) is 0.740. The van der Waals surface area contributed by atoms with Crippen LogP contribution in [0, 0.1) is 6.92 Å². The average Bonchev–Trinajstić information content (AvgIpc) is 2.61. The first-order chi connectivity index (χ1) is 6.65. The summed E-state index contributed by atoms with van der Waals surface area (Å²) in [6.45, 7) is 5.23. The molecule has 2 atom stereocenters. The van der Waals surface area contributed by atoms with Crippen molar-refractivity contribution in [1.82, 2.24) is 15.0 Å². The van der Waals surface area contributed by atoms with Crippen LogP contribution >= 0.6 is 0 Å². The number of rotatable bonds is 2. The van der Waals surface area contributed by atoms with Crippen LogP contribution in [0.1, 0.15) is 25.1 Å². The molecule has 1 aliphatic heterocycles. The van der Waals surface area contributed by atoms with Crippen LogP contribution in [-0.2, 0) is 6.54 Å². The zero-order chi connectivity index (χ0) is 10.1. The molecule has 0 bridgehead atoms. The molecule has 2 heterocycles. The molecule has 0 aliphatic carbocycles. The molecule has 2 unspecified atom stereocenters. The number of aliphatic hydroxyl groups excluding tert-OH is 1. The van der Waals surface area contributed by atoms with Gasteiger partial charge in [-0.25, -0.2) is 0 Å². The minimum atomic E-state index is -0.214. The van der Waals surface area contributed by atoms with Gasteiger partial charge < -0.3 is 9.63 Å². The third-order valence-corrected chi connectivity index (χ3v) is 2.59. The number of aliphatic hydroxyl groups is 1.